The van der Waals surface area contributed by atoms with E-state index in [0.717, 1.165) is 12.8 Å². The van der Waals surface area contributed by atoms with Crippen molar-refractivity contribution < 1.29 is 19.8 Å². The first-order chi connectivity index (χ1) is 12.3. The third-order valence-electron chi connectivity index (χ3n) is 5.96. The largest absolute Gasteiger partial charge is 0.394 e. The van der Waals surface area contributed by atoms with Gasteiger partial charge in [-0.1, -0.05) is 17.7 Å². The van der Waals surface area contributed by atoms with Crippen molar-refractivity contribution in [3.05, 3.63) is 34.3 Å². The maximum absolute atomic E-state index is 13.0. The lowest BCUT2D eigenvalue weighted by Crippen LogP contribution is -2.63. The van der Waals surface area contributed by atoms with Crippen LogP contribution in [0, 0.1) is 0 Å². The number of likely N-dealkylation sites (tertiary alicyclic amines) is 2. The Labute approximate surface area is 158 Å². The van der Waals surface area contributed by atoms with E-state index in [2.05, 4.69) is 0 Å². The number of hydrogen-bond acceptors (Lipinski definition) is 4. The first-order valence-electron chi connectivity index (χ1n) is 8.87. The van der Waals surface area contributed by atoms with E-state index in [0.29, 0.717) is 29.2 Å². The Balaban J connectivity index is 1.84. The molecule has 1 aromatic carbocycles. The van der Waals surface area contributed by atoms with Gasteiger partial charge in [-0.05, 0) is 44.4 Å². The molecule has 2 fully saturated rings. The second-order valence-electron chi connectivity index (χ2n) is 7.76. The molecular weight excluding hydrogens is 356 g/mol. The van der Waals surface area contributed by atoms with Gasteiger partial charge < -0.3 is 20.0 Å². The summed E-state index contributed by atoms with van der Waals surface area (Å²) in [6.07, 6.45) is 1.51. The molecule has 0 bridgehead atoms. The number of rotatable bonds is 5. The molecule has 2 aliphatic rings. The molecule has 0 saturated carbocycles. The molecule has 2 unspecified atom stereocenters. The smallest absolute Gasteiger partial charge is 0.254 e. The molecule has 2 N–H and O–H groups in total. The summed E-state index contributed by atoms with van der Waals surface area (Å²) in [5.74, 6) is -0.366. The fourth-order valence-corrected chi connectivity index (χ4v) is 3.88. The molecule has 7 heteroatoms. The summed E-state index contributed by atoms with van der Waals surface area (Å²) < 4.78 is 0. The maximum Gasteiger partial charge on any atom is 0.254 e. The number of nitrogens with zero attached hydrogens (tertiary/aromatic N) is 2. The SMILES string of the molecule is CC1(CO)CCN1C(=O)Cc1c(Cl)cccc1C(=O)N1CCC1(C)CO. The summed E-state index contributed by atoms with van der Waals surface area (Å²) in [6.45, 7) is 4.67. The number of halogens is 1. The summed E-state index contributed by atoms with van der Waals surface area (Å²) in [5.41, 5.74) is -0.191. The first-order valence-corrected chi connectivity index (χ1v) is 9.25. The van der Waals surface area contributed by atoms with Crippen molar-refractivity contribution in [1.82, 2.24) is 9.80 Å². The highest BCUT2D eigenvalue weighted by Gasteiger charge is 2.45. The lowest BCUT2D eigenvalue weighted by atomic mass is 9.85. The van der Waals surface area contributed by atoms with Crippen LogP contribution in [0.3, 0.4) is 0 Å². The fraction of sp³-hybridized carbons (Fsp3) is 0.579. The molecule has 2 saturated heterocycles. The van der Waals surface area contributed by atoms with E-state index in [1.807, 2.05) is 13.8 Å². The quantitative estimate of drug-likeness (QED) is 0.810. The minimum atomic E-state index is -0.562. The highest BCUT2D eigenvalue weighted by atomic mass is 35.5. The van der Waals surface area contributed by atoms with Crippen LogP contribution in [0.2, 0.25) is 5.02 Å². The monoisotopic (exact) mass is 380 g/mol. The highest BCUT2D eigenvalue weighted by Crippen LogP contribution is 2.34. The highest BCUT2D eigenvalue weighted by molar-refractivity contribution is 6.32. The van der Waals surface area contributed by atoms with Crippen molar-refractivity contribution >= 4 is 23.4 Å². The van der Waals surface area contributed by atoms with Gasteiger partial charge in [-0.15, -0.1) is 0 Å². The molecule has 26 heavy (non-hydrogen) atoms. The Morgan fingerprint density at radius 3 is 2.15 bits per heavy atom. The van der Waals surface area contributed by atoms with Gasteiger partial charge in [-0.25, -0.2) is 0 Å². The summed E-state index contributed by atoms with van der Waals surface area (Å²) in [5, 5.41) is 19.5. The number of amides is 2. The van der Waals surface area contributed by atoms with Crippen LogP contribution in [0.25, 0.3) is 0 Å². The van der Waals surface area contributed by atoms with Crippen LogP contribution in [0.4, 0.5) is 0 Å². The molecule has 6 nitrogen and oxygen atoms in total. The lowest BCUT2D eigenvalue weighted by molar-refractivity contribution is -0.148. The number of carbonyl (C=O) groups is 2. The zero-order chi connectivity index (χ0) is 19.1. The molecule has 2 heterocycles. The van der Waals surface area contributed by atoms with Gasteiger partial charge in [0, 0.05) is 23.7 Å². The van der Waals surface area contributed by atoms with Crippen molar-refractivity contribution in [2.24, 2.45) is 0 Å². The topological polar surface area (TPSA) is 81.1 Å². The maximum atomic E-state index is 13.0. The minimum absolute atomic E-state index is 0.0139. The van der Waals surface area contributed by atoms with Crippen molar-refractivity contribution in [2.75, 3.05) is 26.3 Å². The van der Waals surface area contributed by atoms with Gasteiger partial charge in [-0.3, -0.25) is 9.59 Å². The molecule has 2 aliphatic heterocycles. The van der Waals surface area contributed by atoms with Crippen LogP contribution in [-0.4, -0.2) is 69.2 Å². The molecule has 1 aromatic rings. The van der Waals surface area contributed by atoms with Crippen LogP contribution in [0.5, 0.6) is 0 Å². The van der Waals surface area contributed by atoms with E-state index in [1.165, 1.54) is 0 Å². The molecule has 2 amide bonds. The molecule has 3 rings (SSSR count). The van der Waals surface area contributed by atoms with Crippen LogP contribution in [-0.2, 0) is 11.2 Å². The van der Waals surface area contributed by atoms with E-state index in [-0.39, 0.29) is 31.4 Å². The molecule has 0 radical (unpaired) electrons. The molecule has 142 valence electrons. The van der Waals surface area contributed by atoms with Crippen molar-refractivity contribution in [2.45, 2.75) is 44.2 Å². The number of benzene rings is 1. The van der Waals surface area contributed by atoms with Crippen LogP contribution >= 0.6 is 11.6 Å². The van der Waals surface area contributed by atoms with Gasteiger partial charge in [0.15, 0.2) is 0 Å². The third-order valence-corrected chi connectivity index (χ3v) is 6.31. The predicted molar refractivity (Wildman–Crippen MR) is 98.1 cm³/mol. The fourth-order valence-electron chi connectivity index (χ4n) is 3.64. The predicted octanol–water partition coefficient (Wildman–Crippen LogP) is 1.46. The minimum Gasteiger partial charge on any atom is -0.394 e. The van der Waals surface area contributed by atoms with Gasteiger partial charge in [0.1, 0.15) is 0 Å². The lowest BCUT2D eigenvalue weighted by Gasteiger charge is -2.50. The van der Waals surface area contributed by atoms with Gasteiger partial charge in [-0.2, -0.15) is 0 Å². The first kappa shape index (κ1) is 19.1. The second kappa shape index (κ2) is 6.83. The van der Waals surface area contributed by atoms with Crippen LogP contribution < -0.4 is 0 Å². The summed E-state index contributed by atoms with van der Waals surface area (Å²) in [6, 6.07) is 5.04. The van der Waals surface area contributed by atoms with Gasteiger partial charge in [0.2, 0.25) is 5.91 Å². The van der Waals surface area contributed by atoms with Crippen molar-refractivity contribution in [3.8, 4) is 0 Å². The Kier molecular flexibility index (Phi) is 5.03. The standard InChI is InChI=1S/C19H25ClN2O4/c1-18(11-23)6-8-21(18)16(25)10-14-13(4-3-5-15(14)20)17(26)22-9-7-19(22,2)12-24/h3-5,23-24H,6-12H2,1-2H3. The van der Waals surface area contributed by atoms with E-state index in [1.54, 1.807) is 28.0 Å². The van der Waals surface area contributed by atoms with E-state index in [4.69, 9.17) is 11.6 Å². The van der Waals surface area contributed by atoms with Crippen LogP contribution in [0.1, 0.15) is 42.6 Å². The average Bonchev–Trinajstić information content (AvgIpc) is 2.59. The van der Waals surface area contributed by atoms with Crippen molar-refractivity contribution in [1.29, 1.82) is 0 Å². The Morgan fingerprint density at radius 2 is 1.65 bits per heavy atom. The van der Waals surface area contributed by atoms with Crippen molar-refractivity contribution in [3.63, 3.8) is 0 Å². The van der Waals surface area contributed by atoms with Crippen LogP contribution in [0.15, 0.2) is 18.2 Å². The van der Waals surface area contributed by atoms with E-state index >= 15 is 0 Å². The van der Waals surface area contributed by atoms with Gasteiger partial charge in [0.05, 0.1) is 30.7 Å². The van der Waals surface area contributed by atoms with E-state index in [9.17, 15) is 19.8 Å². The Hall–Kier alpha value is -1.63. The number of hydrogen-bond donors (Lipinski definition) is 2. The van der Waals surface area contributed by atoms with E-state index < -0.39 is 11.1 Å². The number of aliphatic hydroxyl groups excluding tert-OH is 2. The summed E-state index contributed by atoms with van der Waals surface area (Å²) in [7, 11) is 0. The average molecular weight is 381 g/mol. The summed E-state index contributed by atoms with van der Waals surface area (Å²) in [4.78, 5) is 29.0. The molecule has 0 spiro atoms. The Morgan fingerprint density at radius 1 is 1.08 bits per heavy atom. The zero-order valence-corrected chi connectivity index (χ0v) is 15.9. The normalized spacial score (nSPS) is 27.7. The number of carbonyl (C=O) groups excluding carboxylic acids is 2. The zero-order valence-electron chi connectivity index (χ0n) is 15.2. The second-order valence-corrected chi connectivity index (χ2v) is 8.16. The molecule has 2 atom stereocenters. The number of aliphatic hydroxyl groups is 2. The third kappa shape index (κ3) is 3.00. The molecule has 0 aromatic heterocycles. The Bertz CT molecular complexity index is 732. The van der Waals surface area contributed by atoms with Gasteiger partial charge >= 0.3 is 0 Å². The molecule has 0 aliphatic carbocycles. The van der Waals surface area contributed by atoms with Gasteiger partial charge in [0.25, 0.3) is 5.91 Å². The molecular formula is C19H25ClN2O4. The summed E-state index contributed by atoms with van der Waals surface area (Å²) >= 11 is 6.32.